The molecule has 1 saturated heterocycles. The molecule has 1 aromatic heterocycles. The highest BCUT2D eigenvalue weighted by atomic mass is 32.2. The summed E-state index contributed by atoms with van der Waals surface area (Å²) in [6.45, 7) is 6.17. The second kappa shape index (κ2) is 7.68. The van der Waals surface area contributed by atoms with Gasteiger partial charge in [-0.05, 0) is 32.1 Å². The summed E-state index contributed by atoms with van der Waals surface area (Å²) in [5, 5.41) is 18.1. The molecule has 1 fully saturated rings. The summed E-state index contributed by atoms with van der Waals surface area (Å²) in [7, 11) is 0. The Hall–Kier alpha value is -1.24. The Morgan fingerprint density at radius 1 is 1.38 bits per heavy atom. The predicted molar refractivity (Wildman–Crippen MR) is 83.9 cm³/mol. The number of hydrogen-bond acceptors (Lipinski definition) is 5. The Morgan fingerprint density at radius 3 is 2.86 bits per heavy atom. The number of aliphatic carboxylic acids is 1. The molecular formula is C14H24N4O2S. The quantitative estimate of drug-likeness (QED) is 0.780. The van der Waals surface area contributed by atoms with Gasteiger partial charge >= 0.3 is 5.97 Å². The molecule has 1 N–H and O–H groups in total. The van der Waals surface area contributed by atoms with E-state index in [1.165, 1.54) is 31.0 Å². The Kier molecular flexibility index (Phi) is 5.90. The van der Waals surface area contributed by atoms with Crippen LogP contribution in [0.2, 0.25) is 0 Å². The van der Waals surface area contributed by atoms with E-state index in [0.717, 1.165) is 37.0 Å². The van der Waals surface area contributed by atoms with E-state index in [-0.39, 0.29) is 5.75 Å². The van der Waals surface area contributed by atoms with Gasteiger partial charge in [0.2, 0.25) is 5.95 Å². The zero-order chi connectivity index (χ0) is 15.2. The first-order valence-electron chi connectivity index (χ1n) is 7.71. The average molecular weight is 312 g/mol. The maximum atomic E-state index is 10.8. The smallest absolute Gasteiger partial charge is 0.313 e. The van der Waals surface area contributed by atoms with Crippen LogP contribution in [0.25, 0.3) is 0 Å². The summed E-state index contributed by atoms with van der Waals surface area (Å²) < 4.78 is 2.08. The normalized spacial score (nSPS) is 19.0. The zero-order valence-electron chi connectivity index (χ0n) is 12.8. The zero-order valence-corrected chi connectivity index (χ0v) is 13.6. The molecule has 0 bridgehead atoms. The van der Waals surface area contributed by atoms with Crippen molar-refractivity contribution in [3.8, 4) is 0 Å². The van der Waals surface area contributed by atoms with Gasteiger partial charge in [0.1, 0.15) is 0 Å². The van der Waals surface area contributed by atoms with Crippen molar-refractivity contribution >= 4 is 23.7 Å². The fraction of sp³-hybridized carbons (Fsp3) is 0.786. The maximum Gasteiger partial charge on any atom is 0.313 e. The van der Waals surface area contributed by atoms with Crippen LogP contribution in [0.4, 0.5) is 5.95 Å². The lowest BCUT2D eigenvalue weighted by Gasteiger charge is -2.35. The lowest BCUT2D eigenvalue weighted by atomic mass is 10.0. The van der Waals surface area contributed by atoms with Crippen LogP contribution in [0, 0.1) is 0 Å². The SMILES string of the molecule is CCCn1c(SCC(=O)O)nnc1N1CCCCC1CC. The molecule has 1 unspecified atom stereocenters. The lowest BCUT2D eigenvalue weighted by Crippen LogP contribution is -2.40. The minimum atomic E-state index is -0.822. The lowest BCUT2D eigenvalue weighted by molar-refractivity contribution is -0.133. The topological polar surface area (TPSA) is 71.2 Å². The summed E-state index contributed by atoms with van der Waals surface area (Å²) in [5.41, 5.74) is 0. The molecule has 1 aromatic rings. The van der Waals surface area contributed by atoms with E-state index in [9.17, 15) is 4.79 Å². The number of piperidine rings is 1. The van der Waals surface area contributed by atoms with Gasteiger partial charge in [0, 0.05) is 19.1 Å². The fourth-order valence-corrected chi connectivity index (χ4v) is 3.51. The van der Waals surface area contributed by atoms with Crippen molar-refractivity contribution < 1.29 is 9.90 Å². The van der Waals surface area contributed by atoms with Crippen molar-refractivity contribution in [2.24, 2.45) is 0 Å². The number of carbonyl (C=O) groups is 1. The van der Waals surface area contributed by atoms with Crippen LogP contribution in [0.15, 0.2) is 5.16 Å². The van der Waals surface area contributed by atoms with Gasteiger partial charge < -0.3 is 10.0 Å². The van der Waals surface area contributed by atoms with Gasteiger partial charge in [-0.2, -0.15) is 0 Å². The molecule has 6 nitrogen and oxygen atoms in total. The third-order valence-corrected chi connectivity index (χ3v) is 4.78. The maximum absolute atomic E-state index is 10.8. The Morgan fingerprint density at radius 2 is 2.19 bits per heavy atom. The van der Waals surface area contributed by atoms with Crippen LogP contribution in [0.5, 0.6) is 0 Å². The van der Waals surface area contributed by atoms with Crippen LogP contribution in [-0.2, 0) is 11.3 Å². The molecular weight excluding hydrogens is 288 g/mol. The van der Waals surface area contributed by atoms with E-state index in [1.54, 1.807) is 0 Å². The number of carboxylic acid groups (broad SMARTS) is 1. The molecule has 0 saturated carbocycles. The van der Waals surface area contributed by atoms with Crippen LogP contribution in [0.3, 0.4) is 0 Å². The molecule has 0 aromatic carbocycles. The van der Waals surface area contributed by atoms with Crippen LogP contribution < -0.4 is 4.90 Å². The number of hydrogen-bond donors (Lipinski definition) is 1. The van der Waals surface area contributed by atoms with Crippen molar-refractivity contribution in [1.29, 1.82) is 0 Å². The van der Waals surface area contributed by atoms with Gasteiger partial charge in [-0.1, -0.05) is 25.6 Å². The Balaban J connectivity index is 2.23. The van der Waals surface area contributed by atoms with E-state index < -0.39 is 5.97 Å². The first kappa shape index (κ1) is 16.1. The fourth-order valence-electron chi connectivity index (χ4n) is 2.83. The van der Waals surface area contributed by atoms with Crippen LogP contribution in [-0.4, -0.2) is 44.2 Å². The summed E-state index contributed by atoms with van der Waals surface area (Å²) >= 11 is 1.25. The number of thioether (sulfide) groups is 1. The minimum absolute atomic E-state index is 0.0268. The molecule has 0 spiro atoms. The van der Waals surface area contributed by atoms with E-state index in [1.807, 2.05) is 0 Å². The molecule has 1 atom stereocenters. The van der Waals surface area contributed by atoms with Gasteiger partial charge in [-0.15, -0.1) is 10.2 Å². The molecule has 2 rings (SSSR count). The third-order valence-electron chi connectivity index (χ3n) is 3.82. The Bertz CT molecular complexity index is 478. The first-order valence-corrected chi connectivity index (χ1v) is 8.70. The van der Waals surface area contributed by atoms with Crippen LogP contribution in [0.1, 0.15) is 46.0 Å². The van der Waals surface area contributed by atoms with Gasteiger partial charge in [0.05, 0.1) is 5.75 Å². The van der Waals surface area contributed by atoms with Crippen molar-refractivity contribution in [1.82, 2.24) is 14.8 Å². The van der Waals surface area contributed by atoms with Gasteiger partial charge in [0.15, 0.2) is 5.16 Å². The Labute approximate surface area is 129 Å². The number of nitrogens with zero attached hydrogens (tertiary/aromatic N) is 4. The van der Waals surface area contributed by atoms with Gasteiger partial charge in [0.25, 0.3) is 0 Å². The summed E-state index contributed by atoms with van der Waals surface area (Å²) in [6, 6.07) is 0.524. The average Bonchev–Trinajstić information content (AvgIpc) is 2.88. The van der Waals surface area contributed by atoms with E-state index in [0.29, 0.717) is 6.04 Å². The standard InChI is InChI=1S/C14H24N4O2S/c1-3-8-18-13(15-16-14(18)21-10-12(19)20)17-9-6-5-7-11(17)4-2/h11H,3-10H2,1-2H3,(H,19,20). The molecule has 1 aliphatic rings. The highest BCUT2D eigenvalue weighted by Gasteiger charge is 2.26. The second-order valence-corrected chi connectivity index (χ2v) is 6.31. The number of anilines is 1. The predicted octanol–water partition coefficient (Wildman–Crippen LogP) is 2.63. The van der Waals surface area contributed by atoms with Crippen LogP contribution >= 0.6 is 11.8 Å². The summed E-state index contributed by atoms with van der Waals surface area (Å²) in [4.78, 5) is 13.1. The molecule has 0 aliphatic carbocycles. The third kappa shape index (κ3) is 3.90. The largest absolute Gasteiger partial charge is 0.481 e. The van der Waals surface area contributed by atoms with Crippen molar-refractivity contribution in [2.45, 2.75) is 63.7 Å². The van der Waals surface area contributed by atoms with E-state index in [2.05, 4.69) is 33.5 Å². The van der Waals surface area contributed by atoms with E-state index in [4.69, 9.17) is 5.11 Å². The molecule has 7 heteroatoms. The number of rotatable bonds is 7. The molecule has 21 heavy (non-hydrogen) atoms. The summed E-state index contributed by atoms with van der Waals surface area (Å²) in [5.74, 6) is 0.118. The second-order valence-electron chi connectivity index (χ2n) is 5.37. The van der Waals surface area contributed by atoms with Gasteiger partial charge in [-0.3, -0.25) is 9.36 Å². The first-order chi connectivity index (χ1) is 10.2. The van der Waals surface area contributed by atoms with Crippen molar-refractivity contribution in [3.63, 3.8) is 0 Å². The molecule has 1 aliphatic heterocycles. The highest BCUT2D eigenvalue weighted by molar-refractivity contribution is 7.99. The van der Waals surface area contributed by atoms with Crippen molar-refractivity contribution in [2.75, 3.05) is 17.2 Å². The minimum Gasteiger partial charge on any atom is -0.481 e. The molecule has 2 heterocycles. The number of carboxylic acids is 1. The number of aromatic nitrogens is 3. The summed E-state index contributed by atoms with van der Waals surface area (Å²) in [6.07, 6.45) is 5.75. The van der Waals surface area contributed by atoms with Crippen molar-refractivity contribution in [3.05, 3.63) is 0 Å². The monoisotopic (exact) mass is 312 g/mol. The highest BCUT2D eigenvalue weighted by Crippen LogP contribution is 2.28. The molecule has 0 amide bonds. The van der Waals surface area contributed by atoms with Gasteiger partial charge in [-0.25, -0.2) is 0 Å². The molecule has 118 valence electrons. The van der Waals surface area contributed by atoms with E-state index >= 15 is 0 Å². The molecule has 0 radical (unpaired) electrons.